The van der Waals surface area contributed by atoms with Crippen LogP contribution in [-0.2, 0) is 0 Å². The lowest BCUT2D eigenvalue weighted by molar-refractivity contribution is 0.232. The van der Waals surface area contributed by atoms with Crippen LogP contribution in [-0.4, -0.2) is 17.4 Å². The number of hydrogen-bond donors (Lipinski definition) is 3. The van der Waals surface area contributed by atoms with E-state index in [0.717, 1.165) is 10.4 Å². The van der Waals surface area contributed by atoms with E-state index in [2.05, 4.69) is 10.2 Å². The molecular weight excluding hydrogens is 188 g/mol. The van der Waals surface area contributed by atoms with E-state index in [1.807, 2.05) is 18.4 Å². The highest BCUT2D eigenvalue weighted by atomic mass is 32.1. The SMILES string of the molecule is Cc1ccsc1/C=N/N=C(/N)NO. The molecule has 0 aliphatic carbocycles. The minimum atomic E-state index is -0.134. The van der Waals surface area contributed by atoms with Gasteiger partial charge < -0.3 is 5.73 Å². The van der Waals surface area contributed by atoms with Crippen molar-refractivity contribution in [3.63, 3.8) is 0 Å². The van der Waals surface area contributed by atoms with Crippen molar-refractivity contribution in [2.45, 2.75) is 6.92 Å². The molecule has 0 unspecified atom stereocenters. The van der Waals surface area contributed by atoms with Crippen LogP contribution in [0.5, 0.6) is 0 Å². The maximum Gasteiger partial charge on any atom is 0.237 e. The molecule has 0 aromatic carbocycles. The van der Waals surface area contributed by atoms with Crippen molar-refractivity contribution in [3.8, 4) is 0 Å². The molecule has 1 aromatic rings. The molecule has 0 bridgehead atoms. The molecule has 70 valence electrons. The number of hydroxylamine groups is 1. The maximum absolute atomic E-state index is 8.27. The van der Waals surface area contributed by atoms with Gasteiger partial charge in [-0.25, -0.2) is 5.48 Å². The second-order valence-electron chi connectivity index (χ2n) is 2.31. The highest BCUT2D eigenvalue weighted by Gasteiger charge is 1.93. The maximum atomic E-state index is 8.27. The summed E-state index contributed by atoms with van der Waals surface area (Å²) in [5, 5.41) is 17.4. The summed E-state index contributed by atoms with van der Waals surface area (Å²) in [7, 11) is 0. The lowest BCUT2D eigenvalue weighted by Crippen LogP contribution is -2.27. The highest BCUT2D eigenvalue weighted by molar-refractivity contribution is 7.11. The Morgan fingerprint density at radius 1 is 1.77 bits per heavy atom. The van der Waals surface area contributed by atoms with E-state index in [1.54, 1.807) is 23.0 Å². The van der Waals surface area contributed by atoms with Gasteiger partial charge in [-0.2, -0.15) is 5.10 Å². The van der Waals surface area contributed by atoms with Crippen LogP contribution in [0.25, 0.3) is 0 Å². The number of hydrogen-bond acceptors (Lipinski definition) is 4. The van der Waals surface area contributed by atoms with Gasteiger partial charge in [-0.3, -0.25) is 5.21 Å². The molecule has 1 heterocycles. The zero-order valence-corrected chi connectivity index (χ0v) is 7.88. The Morgan fingerprint density at radius 2 is 2.54 bits per heavy atom. The Kier molecular flexibility index (Phi) is 3.41. The minimum Gasteiger partial charge on any atom is -0.367 e. The van der Waals surface area contributed by atoms with E-state index < -0.39 is 0 Å². The summed E-state index contributed by atoms with van der Waals surface area (Å²) in [6.45, 7) is 1.98. The number of nitrogens with zero attached hydrogens (tertiary/aromatic N) is 2. The topological polar surface area (TPSA) is 83.0 Å². The number of guanidine groups is 1. The summed E-state index contributed by atoms with van der Waals surface area (Å²) in [6, 6.07) is 1.99. The Bertz CT molecular complexity index is 331. The average Bonchev–Trinajstić information content (AvgIpc) is 2.52. The number of thiophene rings is 1. The van der Waals surface area contributed by atoms with Crippen LogP contribution in [0.3, 0.4) is 0 Å². The molecule has 4 N–H and O–H groups in total. The fourth-order valence-electron chi connectivity index (χ4n) is 0.683. The van der Waals surface area contributed by atoms with E-state index in [1.165, 1.54) is 0 Å². The molecule has 13 heavy (non-hydrogen) atoms. The fraction of sp³-hybridized carbons (Fsp3) is 0.143. The third-order valence-corrected chi connectivity index (χ3v) is 2.31. The quantitative estimate of drug-likeness (QED) is 0.371. The van der Waals surface area contributed by atoms with Crippen LogP contribution in [0, 0.1) is 6.92 Å². The lowest BCUT2D eigenvalue weighted by atomic mass is 10.3. The Morgan fingerprint density at radius 3 is 3.08 bits per heavy atom. The van der Waals surface area contributed by atoms with Crippen molar-refractivity contribution in [1.29, 1.82) is 0 Å². The molecule has 0 atom stereocenters. The molecular formula is C7H10N4OS. The first-order valence-corrected chi connectivity index (χ1v) is 4.42. The van der Waals surface area contributed by atoms with Crippen molar-refractivity contribution < 1.29 is 5.21 Å². The molecule has 0 saturated carbocycles. The molecule has 0 aliphatic heterocycles. The van der Waals surface area contributed by atoms with E-state index >= 15 is 0 Å². The first kappa shape index (κ1) is 9.69. The minimum absolute atomic E-state index is 0.134. The largest absolute Gasteiger partial charge is 0.367 e. The van der Waals surface area contributed by atoms with E-state index in [0.29, 0.717) is 0 Å². The molecule has 1 rings (SSSR count). The van der Waals surface area contributed by atoms with Crippen LogP contribution in [0.1, 0.15) is 10.4 Å². The van der Waals surface area contributed by atoms with Crippen molar-refractivity contribution in [1.82, 2.24) is 5.48 Å². The number of aryl methyl sites for hydroxylation is 1. The molecule has 0 spiro atoms. The smallest absolute Gasteiger partial charge is 0.237 e. The standard InChI is InChI=1S/C7H10N4OS/c1-5-2-3-13-6(5)4-9-10-7(8)11-12/h2-4,12H,1H3,(H3,8,10,11)/b9-4+. The Labute approximate surface area is 79.6 Å². The van der Waals surface area contributed by atoms with E-state index in [4.69, 9.17) is 10.9 Å². The molecule has 6 heteroatoms. The van der Waals surface area contributed by atoms with Gasteiger partial charge in [0.25, 0.3) is 0 Å². The summed E-state index contributed by atoms with van der Waals surface area (Å²) in [6.07, 6.45) is 1.59. The third kappa shape index (κ3) is 2.85. The molecule has 0 fully saturated rings. The zero-order valence-electron chi connectivity index (χ0n) is 7.06. The van der Waals surface area contributed by atoms with Crippen LogP contribution < -0.4 is 11.2 Å². The summed E-state index contributed by atoms with van der Waals surface area (Å²) >= 11 is 1.57. The second kappa shape index (κ2) is 4.58. The third-order valence-electron chi connectivity index (χ3n) is 1.36. The molecule has 0 amide bonds. The van der Waals surface area contributed by atoms with Gasteiger partial charge >= 0.3 is 0 Å². The lowest BCUT2D eigenvalue weighted by Gasteiger charge is -1.90. The molecule has 1 aromatic heterocycles. The second-order valence-corrected chi connectivity index (χ2v) is 3.26. The fourth-order valence-corrected chi connectivity index (χ4v) is 1.46. The summed E-state index contributed by atoms with van der Waals surface area (Å²) in [5.74, 6) is -0.134. The van der Waals surface area contributed by atoms with E-state index in [-0.39, 0.29) is 5.96 Å². The monoisotopic (exact) mass is 198 g/mol. The first-order valence-electron chi connectivity index (χ1n) is 3.54. The zero-order chi connectivity index (χ0) is 9.68. The summed E-state index contributed by atoms with van der Waals surface area (Å²) in [4.78, 5) is 1.02. The van der Waals surface area contributed by atoms with Gasteiger partial charge in [-0.15, -0.1) is 16.4 Å². The van der Waals surface area contributed by atoms with Crippen LogP contribution in [0.2, 0.25) is 0 Å². The van der Waals surface area contributed by atoms with Gasteiger partial charge in [0.2, 0.25) is 5.96 Å². The Hall–Kier alpha value is -1.40. The molecule has 0 saturated heterocycles. The van der Waals surface area contributed by atoms with Crippen molar-refractivity contribution in [2.24, 2.45) is 15.9 Å². The van der Waals surface area contributed by atoms with Gasteiger partial charge in [0, 0.05) is 0 Å². The van der Waals surface area contributed by atoms with Crippen LogP contribution in [0.4, 0.5) is 0 Å². The molecule has 0 radical (unpaired) electrons. The van der Waals surface area contributed by atoms with Gasteiger partial charge in [-0.05, 0) is 23.9 Å². The van der Waals surface area contributed by atoms with Crippen molar-refractivity contribution >= 4 is 23.5 Å². The number of nitrogens with one attached hydrogen (secondary N) is 1. The van der Waals surface area contributed by atoms with Gasteiger partial charge in [0.05, 0.1) is 11.1 Å². The summed E-state index contributed by atoms with van der Waals surface area (Å²) < 4.78 is 0. The van der Waals surface area contributed by atoms with Gasteiger partial charge in [0.1, 0.15) is 0 Å². The molecule has 5 nitrogen and oxygen atoms in total. The predicted molar refractivity (Wildman–Crippen MR) is 53.2 cm³/mol. The number of nitrogens with two attached hydrogens (primary N) is 1. The van der Waals surface area contributed by atoms with Crippen molar-refractivity contribution in [3.05, 3.63) is 21.9 Å². The van der Waals surface area contributed by atoms with Gasteiger partial charge in [-0.1, -0.05) is 0 Å². The number of rotatable bonds is 2. The highest BCUT2D eigenvalue weighted by Crippen LogP contribution is 2.12. The van der Waals surface area contributed by atoms with Crippen molar-refractivity contribution in [2.75, 3.05) is 0 Å². The first-order chi connectivity index (χ1) is 6.24. The summed E-state index contributed by atoms with van der Waals surface area (Å²) in [5.41, 5.74) is 7.94. The average molecular weight is 198 g/mol. The predicted octanol–water partition coefficient (Wildman–Crippen LogP) is 0.684. The van der Waals surface area contributed by atoms with E-state index in [9.17, 15) is 0 Å². The van der Waals surface area contributed by atoms with Crippen LogP contribution in [0.15, 0.2) is 21.6 Å². The normalized spacial score (nSPS) is 12.3. The van der Waals surface area contributed by atoms with Crippen LogP contribution >= 0.6 is 11.3 Å². The molecule has 0 aliphatic rings. The van der Waals surface area contributed by atoms with Gasteiger partial charge in [0.15, 0.2) is 0 Å². The Balaban J connectivity index is 2.64.